The van der Waals surface area contributed by atoms with Crippen molar-refractivity contribution in [1.82, 2.24) is 10.2 Å². The van der Waals surface area contributed by atoms with Crippen molar-refractivity contribution in [3.63, 3.8) is 0 Å². The molecule has 3 N–H and O–H groups in total. The van der Waals surface area contributed by atoms with Crippen LogP contribution < -0.4 is 20.7 Å². The first-order chi connectivity index (χ1) is 19.6. The number of ketones is 1. The van der Waals surface area contributed by atoms with Crippen LogP contribution in [-0.4, -0.2) is 34.8 Å². The van der Waals surface area contributed by atoms with E-state index in [0.717, 1.165) is 11.3 Å². The number of ether oxygens (including phenoxy) is 1. The number of methoxy groups -OCH3 is 1. The summed E-state index contributed by atoms with van der Waals surface area (Å²) in [5.74, 6) is 0.146. The van der Waals surface area contributed by atoms with Crippen LogP contribution in [-0.2, 0) is 9.59 Å². The topological polar surface area (TPSA) is 134 Å². The fourth-order valence-corrected chi connectivity index (χ4v) is 6.97. The molecule has 12 heteroatoms. The number of nitrogens with one attached hydrogen (secondary N) is 1. The van der Waals surface area contributed by atoms with E-state index in [0.29, 0.717) is 44.3 Å². The molecule has 0 saturated carbocycles. The fraction of sp³-hybridized carbons (Fsp3) is 0.276. The normalized spacial score (nSPS) is 18.2. The van der Waals surface area contributed by atoms with Gasteiger partial charge >= 0.3 is 0 Å². The molecular formula is C29H27ClN6O3S2. The van der Waals surface area contributed by atoms with E-state index in [1.807, 2.05) is 26.0 Å². The Hall–Kier alpha value is -3.85. The Labute approximate surface area is 251 Å². The van der Waals surface area contributed by atoms with E-state index in [9.17, 15) is 14.9 Å². The lowest BCUT2D eigenvalue weighted by Crippen LogP contribution is -2.42. The molecule has 1 aliphatic heterocycles. The molecule has 2 aliphatic rings. The molecule has 1 amide bonds. The third-order valence-electron chi connectivity index (χ3n) is 6.85. The summed E-state index contributed by atoms with van der Waals surface area (Å²) in [6.45, 7) is 4.07. The van der Waals surface area contributed by atoms with Gasteiger partial charge in [0, 0.05) is 28.4 Å². The molecule has 2 aromatic carbocycles. The van der Waals surface area contributed by atoms with Gasteiger partial charge in [-0.15, -0.1) is 10.2 Å². The van der Waals surface area contributed by atoms with Gasteiger partial charge in [0.05, 0.1) is 30.4 Å². The minimum Gasteiger partial charge on any atom is -0.497 e. The van der Waals surface area contributed by atoms with Crippen molar-refractivity contribution in [3.8, 4) is 11.8 Å². The lowest BCUT2D eigenvalue weighted by molar-refractivity contribution is -0.118. The average molecular weight is 607 g/mol. The predicted molar refractivity (Wildman–Crippen MR) is 161 cm³/mol. The van der Waals surface area contributed by atoms with Gasteiger partial charge < -0.3 is 15.8 Å². The number of nitriles is 1. The summed E-state index contributed by atoms with van der Waals surface area (Å²) in [5.41, 5.74) is 9.30. The summed E-state index contributed by atoms with van der Waals surface area (Å²) >= 11 is 8.48. The number of halogens is 1. The monoisotopic (exact) mass is 606 g/mol. The zero-order valence-corrected chi connectivity index (χ0v) is 25.0. The van der Waals surface area contributed by atoms with Crippen LogP contribution in [0.15, 0.2) is 75.5 Å². The predicted octanol–water partition coefficient (Wildman–Crippen LogP) is 5.87. The Morgan fingerprint density at radius 2 is 2.02 bits per heavy atom. The molecule has 9 nitrogen and oxygen atoms in total. The number of benzene rings is 2. The third kappa shape index (κ3) is 5.95. The zero-order valence-electron chi connectivity index (χ0n) is 22.6. The number of carbonyl (C=O) groups is 2. The zero-order chi connectivity index (χ0) is 29.3. The summed E-state index contributed by atoms with van der Waals surface area (Å²) < 4.78 is 5.85. The van der Waals surface area contributed by atoms with E-state index in [1.54, 1.807) is 48.4 Å². The maximum Gasteiger partial charge on any atom is 0.234 e. The molecule has 1 atom stereocenters. The number of hydrogen-bond donors (Lipinski definition) is 2. The van der Waals surface area contributed by atoms with Crippen LogP contribution in [0.25, 0.3) is 0 Å². The van der Waals surface area contributed by atoms with Gasteiger partial charge in [-0.2, -0.15) is 5.26 Å². The highest BCUT2D eigenvalue weighted by Gasteiger charge is 2.45. The summed E-state index contributed by atoms with van der Waals surface area (Å²) in [7, 11) is 1.58. The Bertz CT molecular complexity index is 1620. The molecule has 0 fully saturated rings. The molecule has 41 heavy (non-hydrogen) atoms. The van der Waals surface area contributed by atoms with Crippen molar-refractivity contribution in [2.45, 2.75) is 36.9 Å². The van der Waals surface area contributed by atoms with E-state index in [1.165, 1.54) is 23.1 Å². The van der Waals surface area contributed by atoms with Crippen LogP contribution in [0.5, 0.6) is 5.75 Å². The Morgan fingerprint density at radius 3 is 2.71 bits per heavy atom. The van der Waals surface area contributed by atoms with Crippen LogP contribution in [0.3, 0.4) is 0 Å². The number of thioether (sulfide) groups is 1. The highest BCUT2D eigenvalue weighted by molar-refractivity contribution is 8.01. The number of Topliss-reactive ketones (excluding diaryl/α,β-unsaturated/α-hetero) is 1. The molecule has 0 bridgehead atoms. The number of allylic oxidation sites excluding steroid dienone is 3. The summed E-state index contributed by atoms with van der Waals surface area (Å²) in [6.07, 6.45) is 0.911. The maximum absolute atomic E-state index is 13.7. The number of aromatic nitrogens is 2. The number of hydrogen-bond acceptors (Lipinski definition) is 10. The van der Waals surface area contributed by atoms with Crippen LogP contribution in [0.1, 0.15) is 38.2 Å². The van der Waals surface area contributed by atoms with Crippen LogP contribution in [0.2, 0.25) is 5.02 Å². The first-order valence-electron chi connectivity index (χ1n) is 12.7. The molecule has 0 radical (unpaired) electrons. The van der Waals surface area contributed by atoms with E-state index in [4.69, 9.17) is 22.1 Å². The number of nitrogens with zero attached hydrogens (tertiary/aromatic N) is 4. The molecule has 210 valence electrons. The molecule has 2 heterocycles. The highest BCUT2D eigenvalue weighted by Crippen LogP contribution is 2.50. The number of rotatable bonds is 7. The van der Waals surface area contributed by atoms with Crippen LogP contribution in [0.4, 0.5) is 10.8 Å². The molecular weight excluding hydrogens is 580 g/mol. The third-order valence-corrected chi connectivity index (χ3v) is 9.13. The molecule has 1 aliphatic carbocycles. The number of carbonyl (C=O) groups excluding carboxylic acids is 2. The van der Waals surface area contributed by atoms with Gasteiger partial charge in [-0.05, 0) is 47.7 Å². The quantitative estimate of drug-likeness (QED) is 0.316. The molecule has 1 unspecified atom stereocenters. The second kappa shape index (κ2) is 11.6. The van der Waals surface area contributed by atoms with E-state index in [2.05, 4.69) is 21.6 Å². The van der Waals surface area contributed by atoms with Gasteiger partial charge in [-0.25, -0.2) is 0 Å². The van der Waals surface area contributed by atoms with Crippen molar-refractivity contribution < 1.29 is 14.3 Å². The van der Waals surface area contributed by atoms with Gasteiger partial charge in [0.2, 0.25) is 11.0 Å². The SMILES string of the molecule is COc1ccc(C2C(C#N)=C(N)N(c3nnc(SCC(=O)Nc4cccc(Cl)c4)s3)C3=C2C(=O)CC(C)(C)C3)cc1. The number of amides is 1. The fourth-order valence-electron chi connectivity index (χ4n) is 5.10. The Kier molecular flexibility index (Phi) is 8.09. The van der Waals surface area contributed by atoms with Crippen molar-refractivity contribution >= 4 is 57.2 Å². The first-order valence-corrected chi connectivity index (χ1v) is 14.9. The van der Waals surface area contributed by atoms with Gasteiger partial charge in [0.1, 0.15) is 11.6 Å². The van der Waals surface area contributed by atoms with Crippen molar-refractivity contribution in [2.24, 2.45) is 11.1 Å². The molecule has 1 aromatic heterocycles. The molecule has 3 aromatic rings. The van der Waals surface area contributed by atoms with Gasteiger partial charge in [-0.1, -0.05) is 66.7 Å². The van der Waals surface area contributed by atoms with Crippen LogP contribution in [0, 0.1) is 16.7 Å². The van der Waals surface area contributed by atoms with E-state index in [-0.39, 0.29) is 34.3 Å². The maximum atomic E-state index is 13.7. The summed E-state index contributed by atoms with van der Waals surface area (Å²) in [4.78, 5) is 27.9. The minimum absolute atomic E-state index is 0.0286. The lowest BCUT2D eigenvalue weighted by atomic mass is 9.68. The number of nitrogens with two attached hydrogens (primary N) is 1. The van der Waals surface area contributed by atoms with Crippen molar-refractivity contribution in [3.05, 3.63) is 81.8 Å². The van der Waals surface area contributed by atoms with Crippen LogP contribution >= 0.6 is 34.7 Å². The number of anilines is 2. The minimum atomic E-state index is -0.599. The van der Waals surface area contributed by atoms with Crippen molar-refractivity contribution in [2.75, 3.05) is 23.1 Å². The Morgan fingerprint density at radius 1 is 1.27 bits per heavy atom. The first kappa shape index (κ1) is 28.7. The average Bonchev–Trinajstić information content (AvgIpc) is 3.39. The van der Waals surface area contributed by atoms with Gasteiger partial charge in [0.25, 0.3) is 0 Å². The second-order valence-electron chi connectivity index (χ2n) is 10.5. The van der Waals surface area contributed by atoms with Crippen molar-refractivity contribution in [1.29, 1.82) is 5.26 Å². The van der Waals surface area contributed by atoms with E-state index >= 15 is 0 Å². The lowest BCUT2D eigenvalue weighted by Gasteiger charge is -2.42. The summed E-state index contributed by atoms with van der Waals surface area (Å²) in [6, 6.07) is 16.5. The highest BCUT2D eigenvalue weighted by atomic mass is 35.5. The smallest absolute Gasteiger partial charge is 0.234 e. The second-order valence-corrected chi connectivity index (χ2v) is 13.1. The summed E-state index contributed by atoms with van der Waals surface area (Å²) in [5, 5.41) is 22.7. The molecule has 0 spiro atoms. The van der Waals surface area contributed by atoms with Gasteiger partial charge in [0.15, 0.2) is 10.1 Å². The molecule has 0 saturated heterocycles. The van der Waals surface area contributed by atoms with E-state index < -0.39 is 5.92 Å². The molecule has 5 rings (SSSR count). The standard InChI is InChI=1S/C29H27ClN6O3S2/c1-29(2)12-21-25(22(37)13-29)24(16-7-9-19(39-3)10-8-16)20(14-31)26(32)36(21)27-34-35-28(41-27)40-15-23(38)33-18-6-4-5-17(30)11-18/h4-11,24H,12-13,15,32H2,1-3H3,(H,33,38). The Balaban J connectivity index is 1.46. The van der Waals surface area contributed by atoms with Gasteiger partial charge in [-0.3, -0.25) is 14.5 Å². The largest absolute Gasteiger partial charge is 0.497 e.